The van der Waals surface area contributed by atoms with E-state index in [1.54, 1.807) is 4.57 Å². The van der Waals surface area contributed by atoms with Gasteiger partial charge in [0, 0.05) is 49.9 Å². The van der Waals surface area contributed by atoms with Gasteiger partial charge in [-0.05, 0) is 68.6 Å². The summed E-state index contributed by atoms with van der Waals surface area (Å²) >= 11 is 0. The molecule has 37 heavy (non-hydrogen) atoms. The number of aryl methyl sites for hydroxylation is 1. The average Bonchev–Trinajstić information content (AvgIpc) is 3.25. The van der Waals surface area contributed by atoms with E-state index in [0.29, 0.717) is 41.3 Å². The third-order valence-corrected chi connectivity index (χ3v) is 7.76. The fraction of sp³-hybridized carbons (Fsp3) is 0.393. The number of pyridine rings is 1. The standard InChI is InChI=1S/C28H32FN7O/c1-3-28(37)12-4-5-19-6-11-24(32-25(19)28)36-18-23(29)22-17-30-27(33-26(22)36)31-20-7-9-21(10-8-20)35-15-13-34(2)14-16-35/h6-11,17-18,37H,3-5,12-16H2,1-2H3,(H,30,31,33)/t28-/m1/s1. The molecule has 4 aromatic rings. The molecule has 1 aromatic carbocycles. The normalized spacial score (nSPS) is 20.3. The molecule has 2 N–H and O–H groups in total. The first-order chi connectivity index (χ1) is 17.9. The Hall–Kier alpha value is -3.56. The van der Waals surface area contributed by atoms with Crippen LogP contribution < -0.4 is 10.2 Å². The lowest BCUT2D eigenvalue weighted by Crippen LogP contribution is -2.44. The molecular weight excluding hydrogens is 469 g/mol. The number of piperazine rings is 1. The lowest BCUT2D eigenvalue weighted by molar-refractivity contribution is 0.0103. The van der Waals surface area contributed by atoms with Gasteiger partial charge in [-0.1, -0.05) is 13.0 Å². The summed E-state index contributed by atoms with van der Waals surface area (Å²) in [4.78, 5) is 18.5. The predicted octanol–water partition coefficient (Wildman–Crippen LogP) is 4.38. The highest BCUT2D eigenvalue weighted by Gasteiger charge is 2.34. The maximum atomic E-state index is 14.8. The Bertz CT molecular complexity index is 1430. The van der Waals surface area contributed by atoms with Crippen LogP contribution in [-0.4, -0.2) is 62.8 Å². The zero-order chi connectivity index (χ0) is 25.6. The molecule has 0 spiro atoms. The van der Waals surface area contributed by atoms with Crippen molar-refractivity contribution in [2.24, 2.45) is 0 Å². The van der Waals surface area contributed by atoms with Crippen molar-refractivity contribution in [2.45, 2.75) is 38.2 Å². The van der Waals surface area contributed by atoms with E-state index < -0.39 is 11.4 Å². The van der Waals surface area contributed by atoms with E-state index in [-0.39, 0.29) is 0 Å². The van der Waals surface area contributed by atoms with Crippen LogP contribution in [0.1, 0.15) is 37.4 Å². The Kier molecular flexibility index (Phi) is 6.04. The number of hydrogen-bond acceptors (Lipinski definition) is 7. The summed E-state index contributed by atoms with van der Waals surface area (Å²) in [6.07, 6.45) is 5.96. The molecule has 1 aliphatic carbocycles. The molecule has 0 amide bonds. The molecular formula is C28H32FN7O. The van der Waals surface area contributed by atoms with Gasteiger partial charge in [-0.15, -0.1) is 0 Å². The maximum absolute atomic E-state index is 14.8. The minimum absolute atomic E-state index is 0.321. The largest absolute Gasteiger partial charge is 0.384 e. The van der Waals surface area contributed by atoms with Crippen LogP contribution in [0.3, 0.4) is 0 Å². The molecule has 0 radical (unpaired) electrons. The van der Waals surface area contributed by atoms with E-state index in [1.165, 1.54) is 18.1 Å². The number of fused-ring (bicyclic) bond motifs is 2. The molecule has 0 saturated carbocycles. The van der Waals surface area contributed by atoms with Crippen molar-refractivity contribution in [3.8, 4) is 5.82 Å². The summed E-state index contributed by atoms with van der Waals surface area (Å²) in [5.74, 6) is 0.494. The minimum atomic E-state index is -0.955. The number of rotatable bonds is 5. The number of aliphatic hydroxyl groups is 1. The highest BCUT2D eigenvalue weighted by Crippen LogP contribution is 2.37. The summed E-state index contributed by atoms with van der Waals surface area (Å²) in [6, 6.07) is 12.1. The Morgan fingerprint density at radius 1 is 1.05 bits per heavy atom. The van der Waals surface area contributed by atoms with E-state index in [1.807, 2.05) is 31.2 Å². The summed E-state index contributed by atoms with van der Waals surface area (Å²) in [5.41, 5.74) is 3.25. The van der Waals surface area contributed by atoms with Gasteiger partial charge in [-0.25, -0.2) is 14.4 Å². The first-order valence-corrected chi connectivity index (χ1v) is 13.0. The number of nitrogens with one attached hydrogen (secondary N) is 1. The molecule has 0 bridgehead atoms. The quantitative estimate of drug-likeness (QED) is 0.420. The second-order valence-corrected chi connectivity index (χ2v) is 10.2. The molecule has 0 unspecified atom stereocenters. The molecule has 6 rings (SSSR count). The molecule has 3 aromatic heterocycles. The lowest BCUT2D eigenvalue weighted by Gasteiger charge is -2.34. The van der Waals surface area contributed by atoms with E-state index in [0.717, 1.165) is 50.3 Å². The monoisotopic (exact) mass is 501 g/mol. The van der Waals surface area contributed by atoms with E-state index in [9.17, 15) is 9.50 Å². The molecule has 1 aliphatic heterocycles. The smallest absolute Gasteiger partial charge is 0.229 e. The van der Waals surface area contributed by atoms with Gasteiger partial charge < -0.3 is 20.2 Å². The van der Waals surface area contributed by atoms with Crippen LogP contribution in [0, 0.1) is 5.82 Å². The summed E-state index contributed by atoms with van der Waals surface area (Å²) in [6.45, 7) is 6.11. The molecule has 1 fully saturated rings. The summed E-state index contributed by atoms with van der Waals surface area (Å²) in [5, 5.41) is 14.7. The van der Waals surface area contributed by atoms with Crippen molar-refractivity contribution in [1.29, 1.82) is 0 Å². The fourth-order valence-corrected chi connectivity index (χ4v) is 5.40. The fourth-order valence-electron chi connectivity index (χ4n) is 5.40. The van der Waals surface area contributed by atoms with E-state index >= 15 is 0 Å². The summed E-state index contributed by atoms with van der Waals surface area (Å²) < 4.78 is 16.5. The number of anilines is 3. The van der Waals surface area contributed by atoms with Gasteiger partial charge in [0.2, 0.25) is 5.95 Å². The second-order valence-electron chi connectivity index (χ2n) is 10.2. The topological polar surface area (TPSA) is 82.3 Å². The Morgan fingerprint density at radius 3 is 2.59 bits per heavy atom. The average molecular weight is 502 g/mol. The van der Waals surface area contributed by atoms with Gasteiger partial charge in [-0.3, -0.25) is 4.57 Å². The van der Waals surface area contributed by atoms with Crippen LogP contribution in [0.15, 0.2) is 48.8 Å². The van der Waals surface area contributed by atoms with Gasteiger partial charge in [0.05, 0.1) is 11.1 Å². The molecule has 9 heteroatoms. The third-order valence-electron chi connectivity index (χ3n) is 7.76. The van der Waals surface area contributed by atoms with Crippen molar-refractivity contribution in [1.82, 2.24) is 24.4 Å². The predicted molar refractivity (Wildman–Crippen MR) is 143 cm³/mol. The van der Waals surface area contributed by atoms with Gasteiger partial charge in [0.1, 0.15) is 11.4 Å². The van der Waals surface area contributed by atoms with Crippen LogP contribution in [0.5, 0.6) is 0 Å². The number of benzene rings is 1. The van der Waals surface area contributed by atoms with Crippen LogP contribution in [0.4, 0.5) is 21.7 Å². The Labute approximate surface area is 215 Å². The summed E-state index contributed by atoms with van der Waals surface area (Å²) in [7, 11) is 2.15. The van der Waals surface area contributed by atoms with Gasteiger partial charge in [-0.2, -0.15) is 4.98 Å². The first-order valence-electron chi connectivity index (χ1n) is 13.0. The van der Waals surface area contributed by atoms with Crippen molar-refractivity contribution in [3.63, 3.8) is 0 Å². The van der Waals surface area contributed by atoms with E-state index in [4.69, 9.17) is 4.98 Å². The van der Waals surface area contributed by atoms with Crippen LogP contribution in [0.25, 0.3) is 16.9 Å². The highest BCUT2D eigenvalue weighted by molar-refractivity contribution is 5.79. The molecule has 2 aliphatic rings. The Balaban J connectivity index is 1.29. The van der Waals surface area contributed by atoms with Crippen LogP contribution in [0.2, 0.25) is 0 Å². The van der Waals surface area contributed by atoms with E-state index in [2.05, 4.69) is 44.3 Å². The number of aromatic nitrogens is 4. The number of likely N-dealkylation sites (N-methyl/N-ethyl adjacent to an activating group) is 1. The van der Waals surface area contributed by atoms with Gasteiger partial charge in [0.25, 0.3) is 0 Å². The van der Waals surface area contributed by atoms with Crippen molar-refractivity contribution in [3.05, 3.63) is 65.9 Å². The van der Waals surface area contributed by atoms with Crippen molar-refractivity contribution in [2.75, 3.05) is 43.4 Å². The second kappa shape index (κ2) is 9.39. The molecule has 8 nitrogen and oxygen atoms in total. The zero-order valence-electron chi connectivity index (χ0n) is 21.3. The van der Waals surface area contributed by atoms with Crippen molar-refractivity contribution >= 4 is 28.4 Å². The minimum Gasteiger partial charge on any atom is -0.384 e. The van der Waals surface area contributed by atoms with Crippen LogP contribution >= 0.6 is 0 Å². The first kappa shape index (κ1) is 23.8. The zero-order valence-corrected chi connectivity index (χ0v) is 21.3. The van der Waals surface area contributed by atoms with Gasteiger partial charge in [0.15, 0.2) is 11.5 Å². The number of hydrogen-bond donors (Lipinski definition) is 2. The van der Waals surface area contributed by atoms with Crippen LogP contribution in [-0.2, 0) is 12.0 Å². The lowest BCUT2D eigenvalue weighted by atomic mass is 9.81. The Morgan fingerprint density at radius 2 is 1.84 bits per heavy atom. The molecule has 192 valence electrons. The molecule has 1 atom stereocenters. The number of nitrogens with zero attached hydrogens (tertiary/aromatic N) is 6. The molecule has 4 heterocycles. The highest BCUT2D eigenvalue weighted by atomic mass is 19.1. The third kappa shape index (κ3) is 4.42. The number of halogens is 1. The molecule has 1 saturated heterocycles. The maximum Gasteiger partial charge on any atom is 0.229 e. The van der Waals surface area contributed by atoms with Crippen molar-refractivity contribution < 1.29 is 9.50 Å². The SMILES string of the molecule is CC[C@@]1(O)CCCc2ccc(-n3cc(F)c4cnc(Nc5ccc(N6CCN(C)CC6)cc5)nc43)nc21. The van der Waals surface area contributed by atoms with Gasteiger partial charge >= 0.3 is 0 Å².